The molecule has 2 heterocycles. The van der Waals surface area contributed by atoms with Gasteiger partial charge in [-0.1, -0.05) is 11.6 Å². The molecule has 1 aromatic heterocycles. The van der Waals surface area contributed by atoms with Crippen molar-refractivity contribution in [3.63, 3.8) is 0 Å². The van der Waals surface area contributed by atoms with Gasteiger partial charge >= 0.3 is 6.09 Å². The third kappa shape index (κ3) is 4.26. The first kappa shape index (κ1) is 18.1. The van der Waals surface area contributed by atoms with E-state index in [1.54, 1.807) is 42.3 Å². The zero-order chi connectivity index (χ0) is 18.5. The number of halogens is 1. The van der Waals surface area contributed by atoms with Gasteiger partial charge in [0.25, 0.3) is 0 Å². The van der Waals surface area contributed by atoms with E-state index in [2.05, 4.69) is 9.97 Å². The molecule has 0 spiro atoms. The van der Waals surface area contributed by atoms with Gasteiger partial charge < -0.3 is 25.0 Å². The van der Waals surface area contributed by atoms with Crippen LogP contribution in [0.3, 0.4) is 0 Å². The quantitative estimate of drug-likeness (QED) is 0.875. The lowest BCUT2D eigenvalue weighted by Crippen LogP contribution is -2.49. The van der Waals surface area contributed by atoms with E-state index >= 15 is 0 Å². The van der Waals surface area contributed by atoms with Gasteiger partial charge in [-0.3, -0.25) is 0 Å². The highest BCUT2D eigenvalue weighted by Gasteiger charge is 2.25. The first-order valence-electron chi connectivity index (χ1n) is 8.29. The standard InChI is InChI=1S/C17H20ClN5O3/c1-2-25-17(24)23-9-7-22(8-10-23)15-14(11-20-16(19)21-15)26-13-5-3-12(18)4-6-13/h3-6,11H,2,7-10H2,1H3,(H2,19,20,21). The van der Waals surface area contributed by atoms with Crippen LogP contribution in [-0.2, 0) is 4.74 Å². The van der Waals surface area contributed by atoms with Gasteiger partial charge in [-0.2, -0.15) is 4.98 Å². The number of carbonyl (C=O) groups is 1. The molecule has 138 valence electrons. The molecule has 0 radical (unpaired) electrons. The number of aromatic nitrogens is 2. The van der Waals surface area contributed by atoms with E-state index in [0.29, 0.717) is 55.1 Å². The molecule has 2 aromatic rings. The summed E-state index contributed by atoms with van der Waals surface area (Å²) >= 11 is 5.90. The number of benzene rings is 1. The summed E-state index contributed by atoms with van der Waals surface area (Å²) in [6.45, 7) is 4.39. The maximum Gasteiger partial charge on any atom is 0.409 e. The maximum absolute atomic E-state index is 11.8. The predicted octanol–water partition coefficient (Wildman–Crippen LogP) is 2.78. The number of ether oxygens (including phenoxy) is 2. The Morgan fingerprint density at radius 2 is 1.92 bits per heavy atom. The van der Waals surface area contributed by atoms with Gasteiger partial charge in [0.2, 0.25) is 5.95 Å². The van der Waals surface area contributed by atoms with Gasteiger partial charge in [0, 0.05) is 31.2 Å². The molecular formula is C17H20ClN5O3. The van der Waals surface area contributed by atoms with Crippen LogP contribution in [0.1, 0.15) is 6.92 Å². The van der Waals surface area contributed by atoms with Crippen LogP contribution in [0.2, 0.25) is 5.02 Å². The van der Waals surface area contributed by atoms with Gasteiger partial charge in [0.05, 0.1) is 12.8 Å². The van der Waals surface area contributed by atoms with Crippen molar-refractivity contribution in [1.29, 1.82) is 0 Å². The number of rotatable bonds is 4. The Morgan fingerprint density at radius 1 is 1.23 bits per heavy atom. The first-order chi connectivity index (χ1) is 12.6. The third-order valence-corrected chi connectivity index (χ3v) is 4.15. The van der Waals surface area contributed by atoms with Crippen LogP contribution in [0.5, 0.6) is 11.5 Å². The summed E-state index contributed by atoms with van der Waals surface area (Å²) < 4.78 is 10.9. The van der Waals surface area contributed by atoms with Crippen molar-refractivity contribution >= 4 is 29.5 Å². The minimum Gasteiger partial charge on any atom is -0.452 e. The molecule has 2 N–H and O–H groups in total. The molecule has 1 aromatic carbocycles. The first-order valence-corrected chi connectivity index (χ1v) is 8.67. The number of anilines is 2. The summed E-state index contributed by atoms with van der Waals surface area (Å²) in [5, 5.41) is 0.626. The summed E-state index contributed by atoms with van der Waals surface area (Å²) in [6, 6.07) is 7.02. The predicted molar refractivity (Wildman–Crippen MR) is 98.8 cm³/mol. The van der Waals surface area contributed by atoms with Crippen molar-refractivity contribution in [2.45, 2.75) is 6.92 Å². The van der Waals surface area contributed by atoms with E-state index < -0.39 is 0 Å². The number of nitrogens with zero attached hydrogens (tertiary/aromatic N) is 4. The van der Waals surface area contributed by atoms with Crippen molar-refractivity contribution in [2.24, 2.45) is 0 Å². The Hall–Kier alpha value is -2.74. The van der Waals surface area contributed by atoms with Crippen molar-refractivity contribution in [2.75, 3.05) is 43.4 Å². The number of hydrogen-bond acceptors (Lipinski definition) is 7. The molecule has 0 atom stereocenters. The highest BCUT2D eigenvalue weighted by Crippen LogP contribution is 2.31. The largest absolute Gasteiger partial charge is 0.452 e. The van der Waals surface area contributed by atoms with Crippen molar-refractivity contribution in [1.82, 2.24) is 14.9 Å². The van der Waals surface area contributed by atoms with E-state index in [9.17, 15) is 4.79 Å². The molecule has 8 nitrogen and oxygen atoms in total. The lowest BCUT2D eigenvalue weighted by molar-refractivity contribution is 0.105. The van der Waals surface area contributed by atoms with Crippen molar-refractivity contribution in [3.8, 4) is 11.5 Å². The van der Waals surface area contributed by atoms with Gasteiger partial charge in [0.1, 0.15) is 5.75 Å². The molecule has 0 saturated carbocycles. The molecule has 1 fully saturated rings. The number of nitrogen functional groups attached to an aromatic ring is 1. The van der Waals surface area contributed by atoms with Crippen LogP contribution in [0.25, 0.3) is 0 Å². The number of amides is 1. The van der Waals surface area contributed by atoms with Crippen LogP contribution in [0, 0.1) is 0 Å². The van der Waals surface area contributed by atoms with E-state index in [1.807, 2.05) is 4.90 Å². The summed E-state index contributed by atoms with van der Waals surface area (Å²) in [6.07, 6.45) is 1.25. The zero-order valence-corrected chi connectivity index (χ0v) is 15.1. The Morgan fingerprint density at radius 3 is 2.58 bits per heavy atom. The fourth-order valence-electron chi connectivity index (χ4n) is 2.62. The van der Waals surface area contributed by atoms with E-state index in [0.717, 1.165) is 0 Å². The number of piperazine rings is 1. The Balaban J connectivity index is 1.74. The molecule has 0 aliphatic carbocycles. The van der Waals surface area contributed by atoms with Crippen molar-refractivity contribution in [3.05, 3.63) is 35.5 Å². The fraction of sp³-hybridized carbons (Fsp3) is 0.353. The van der Waals surface area contributed by atoms with Crippen LogP contribution in [0.15, 0.2) is 30.5 Å². The normalized spacial score (nSPS) is 14.2. The summed E-state index contributed by atoms with van der Waals surface area (Å²) in [7, 11) is 0. The Bertz CT molecular complexity index is 763. The molecule has 26 heavy (non-hydrogen) atoms. The minimum atomic E-state index is -0.299. The lowest BCUT2D eigenvalue weighted by Gasteiger charge is -2.35. The summed E-state index contributed by atoms with van der Waals surface area (Å²) in [5.41, 5.74) is 5.76. The number of nitrogens with two attached hydrogens (primary N) is 1. The molecule has 0 unspecified atom stereocenters. The number of hydrogen-bond donors (Lipinski definition) is 1. The van der Waals surface area contributed by atoms with Crippen molar-refractivity contribution < 1.29 is 14.3 Å². The summed E-state index contributed by atoms with van der Waals surface area (Å²) in [4.78, 5) is 23.9. The maximum atomic E-state index is 11.8. The third-order valence-electron chi connectivity index (χ3n) is 3.90. The SMILES string of the molecule is CCOC(=O)N1CCN(c2nc(N)ncc2Oc2ccc(Cl)cc2)CC1. The molecule has 1 saturated heterocycles. The molecule has 9 heteroatoms. The molecule has 1 aliphatic rings. The fourth-order valence-corrected chi connectivity index (χ4v) is 2.74. The van der Waals surface area contributed by atoms with E-state index in [4.69, 9.17) is 26.8 Å². The second-order valence-corrected chi connectivity index (χ2v) is 6.08. The van der Waals surface area contributed by atoms with Gasteiger partial charge in [-0.05, 0) is 31.2 Å². The van der Waals surface area contributed by atoms with Crippen LogP contribution >= 0.6 is 11.6 Å². The van der Waals surface area contributed by atoms with E-state index in [1.165, 1.54) is 0 Å². The smallest absolute Gasteiger partial charge is 0.409 e. The number of carbonyl (C=O) groups excluding carboxylic acids is 1. The van der Waals surface area contributed by atoms with Crippen LogP contribution in [-0.4, -0.2) is 53.7 Å². The molecule has 3 rings (SSSR count). The molecule has 1 amide bonds. The molecule has 0 bridgehead atoms. The van der Waals surface area contributed by atoms with Gasteiger partial charge in [-0.25, -0.2) is 9.78 Å². The topological polar surface area (TPSA) is 93.8 Å². The second-order valence-electron chi connectivity index (χ2n) is 5.65. The second kappa shape index (κ2) is 8.09. The Labute approximate surface area is 156 Å². The van der Waals surface area contributed by atoms with Gasteiger partial charge in [0.15, 0.2) is 11.6 Å². The van der Waals surface area contributed by atoms with Crippen LogP contribution < -0.4 is 15.4 Å². The highest BCUT2D eigenvalue weighted by molar-refractivity contribution is 6.30. The average Bonchev–Trinajstić information content (AvgIpc) is 2.65. The average molecular weight is 378 g/mol. The lowest BCUT2D eigenvalue weighted by atomic mass is 10.3. The molecule has 1 aliphatic heterocycles. The summed E-state index contributed by atoms with van der Waals surface area (Å²) in [5.74, 6) is 1.87. The Kier molecular flexibility index (Phi) is 5.62. The highest BCUT2D eigenvalue weighted by atomic mass is 35.5. The van der Waals surface area contributed by atoms with Gasteiger partial charge in [-0.15, -0.1) is 0 Å². The molecular weight excluding hydrogens is 358 g/mol. The monoisotopic (exact) mass is 377 g/mol. The van der Waals surface area contributed by atoms with Crippen LogP contribution in [0.4, 0.5) is 16.6 Å². The zero-order valence-electron chi connectivity index (χ0n) is 14.4. The van der Waals surface area contributed by atoms with E-state index in [-0.39, 0.29) is 12.0 Å². The minimum absolute atomic E-state index is 0.163.